The molecule has 1 amide bonds. The fourth-order valence-electron chi connectivity index (χ4n) is 2.49. The summed E-state index contributed by atoms with van der Waals surface area (Å²) in [5, 5.41) is 2.95. The number of aromatic nitrogens is 2. The molecule has 0 spiro atoms. The van der Waals surface area contributed by atoms with Gasteiger partial charge in [0.05, 0.1) is 13.3 Å². The van der Waals surface area contributed by atoms with Gasteiger partial charge in [0.2, 0.25) is 0 Å². The van der Waals surface area contributed by atoms with Gasteiger partial charge in [-0.3, -0.25) is 4.79 Å². The Bertz CT molecular complexity index is 645. The second-order valence-corrected chi connectivity index (χ2v) is 6.13. The number of nitrogens with one attached hydrogen (secondary N) is 1. The highest BCUT2D eigenvalue weighted by Gasteiger charge is 2.19. The largest absolute Gasteiger partial charge is 0.495 e. The molecule has 5 nitrogen and oxygen atoms in total. The molecule has 0 aliphatic carbocycles. The highest BCUT2D eigenvalue weighted by molar-refractivity contribution is 7.14. The third-order valence-corrected chi connectivity index (χ3v) is 4.49. The Kier molecular flexibility index (Phi) is 3.48. The van der Waals surface area contributed by atoms with E-state index in [1.54, 1.807) is 13.3 Å². The molecule has 0 saturated carbocycles. The number of carbonyl (C=O) groups is 1. The number of nitrogens with zero attached hydrogens (tertiary/aromatic N) is 2. The molecule has 0 saturated heterocycles. The fourth-order valence-corrected chi connectivity index (χ4v) is 3.36. The molecule has 0 radical (unpaired) electrons. The molecule has 0 unspecified atom stereocenters. The van der Waals surface area contributed by atoms with Crippen molar-refractivity contribution in [1.29, 1.82) is 0 Å². The number of thiophene rings is 1. The predicted molar refractivity (Wildman–Crippen MR) is 78.7 cm³/mol. The van der Waals surface area contributed by atoms with Crippen molar-refractivity contribution in [3.05, 3.63) is 27.8 Å². The molecule has 106 valence electrons. The van der Waals surface area contributed by atoms with Crippen molar-refractivity contribution in [3.63, 3.8) is 0 Å². The van der Waals surface area contributed by atoms with E-state index in [-0.39, 0.29) is 5.91 Å². The fraction of sp³-hybridized carbons (Fsp3) is 0.429. The molecule has 0 fully saturated rings. The maximum atomic E-state index is 12.4. The number of fused-ring (bicyclic) bond motifs is 1. The van der Waals surface area contributed by atoms with Crippen molar-refractivity contribution in [3.8, 4) is 5.75 Å². The predicted octanol–water partition coefficient (Wildman–Crippen LogP) is 2.85. The van der Waals surface area contributed by atoms with E-state index in [1.807, 2.05) is 13.0 Å². The number of hydrogen-bond acceptors (Lipinski definition) is 4. The third-order valence-electron chi connectivity index (χ3n) is 3.46. The van der Waals surface area contributed by atoms with Crippen molar-refractivity contribution in [2.45, 2.75) is 32.7 Å². The summed E-state index contributed by atoms with van der Waals surface area (Å²) in [4.78, 5) is 18.4. The Balaban J connectivity index is 1.84. The van der Waals surface area contributed by atoms with Gasteiger partial charge < -0.3 is 14.6 Å². The summed E-state index contributed by atoms with van der Waals surface area (Å²) in [5.74, 6) is 2.33. The van der Waals surface area contributed by atoms with Crippen molar-refractivity contribution < 1.29 is 9.53 Å². The van der Waals surface area contributed by atoms with Gasteiger partial charge in [0.1, 0.15) is 22.3 Å². The number of hydrogen-bond donors (Lipinski definition) is 1. The van der Waals surface area contributed by atoms with Gasteiger partial charge in [-0.1, -0.05) is 0 Å². The summed E-state index contributed by atoms with van der Waals surface area (Å²) in [6.45, 7) is 2.89. The van der Waals surface area contributed by atoms with Crippen molar-refractivity contribution in [2.75, 3.05) is 12.4 Å². The van der Waals surface area contributed by atoms with Gasteiger partial charge in [-0.2, -0.15) is 0 Å². The van der Waals surface area contributed by atoms with Crippen molar-refractivity contribution >= 4 is 23.1 Å². The van der Waals surface area contributed by atoms with E-state index in [1.165, 1.54) is 17.8 Å². The summed E-state index contributed by atoms with van der Waals surface area (Å²) in [5.41, 5.74) is 0. The van der Waals surface area contributed by atoms with Crippen LogP contribution < -0.4 is 10.1 Å². The van der Waals surface area contributed by atoms with E-state index in [9.17, 15) is 4.79 Å². The molecule has 3 heterocycles. The van der Waals surface area contributed by atoms with Crippen LogP contribution in [0.4, 0.5) is 5.82 Å². The van der Waals surface area contributed by atoms with Gasteiger partial charge >= 0.3 is 0 Å². The first kappa shape index (κ1) is 13.2. The lowest BCUT2D eigenvalue weighted by Gasteiger charge is -2.16. The number of amides is 1. The van der Waals surface area contributed by atoms with E-state index in [4.69, 9.17) is 4.74 Å². The zero-order valence-corrected chi connectivity index (χ0v) is 12.4. The number of aryl methyl sites for hydroxylation is 2. The quantitative estimate of drug-likeness (QED) is 0.946. The average Bonchev–Trinajstić information content (AvgIpc) is 3.03. The molecule has 2 aromatic rings. The average molecular weight is 291 g/mol. The standard InChI is InChI=1S/C14H17N3O2S/c1-9-7-10(19-2)13(20-9)14(18)16-12-8-15-11-5-3-4-6-17(11)12/h7-8H,3-6H2,1-2H3,(H,16,18). The smallest absolute Gasteiger partial charge is 0.270 e. The highest BCUT2D eigenvalue weighted by atomic mass is 32.1. The van der Waals surface area contributed by atoms with Crippen LogP contribution in [0, 0.1) is 6.92 Å². The summed E-state index contributed by atoms with van der Waals surface area (Å²) >= 11 is 1.44. The lowest BCUT2D eigenvalue weighted by molar-refractivity contribution is 0.102. The van der Waals surface area contributed by atoms with Gasteiger partial charge in [-0.05, 0) is 25.8 Å². The minimum Gasteiger partial charge on any atom is -0.495 e. The van der Waals surface area contributed by atoms with Crippen LogP contribution in [0.25, 0.3) is 0 Å². The topological polar surface area (TPSA) is 56.1 Å². The normalized spacial score (nSPS) is 13.9. The first-order chi connectivity index (χ1) is 9.69. The Hall–Kier alpha value is -1.82. The van der Waals surface area contributed by atoms with E-state index in [0.717, 1.165) is 35.9 Å². The number of imidazole rings is 1. The van der Waals surface area contributed by atoms with Crippen molar-refractivity contribution in [1.82, 2.24) is 9.55 Å². The van der Waals surface area contributed by atoms with Crippen LogP contribution in [0.5, 0.6) is 5.75 Å². The second-order valence-electron chi connectivity index (χ2n) is 4.88. The summed E-state index contributed by atoms with van der Waals surface area (Å²) in [7, 11) is 1.58. The summed E-state index contributed by atoms with van der Waals surface area (Å²) < 4.78 is 7.34. The van der Waals surface area contributed by atoms with E-state index in [2.05, 4.69) is 14.9 Å². The molecular weight excluding hydrogens is 274 g/mol. The molecule has 20 heavy (non-hydrogen) atoms. The molecule has 3 rings (SSSR count). The van der Waals surface area contributed by atoms with Crippen LogP contribution >= 0.6 is 11.3 Å². The Morgan fingerprint density at radius 1 is 1.50 bits per heavy atom. The zero-order valence-electron chi connectivity index (χ0n) is 11.6. The van der Waals surface area contributed by atoms with Gasteiger partial charge in [-0.25, -0.2) is 4.98 Å². The highest BCUT2D eigenvalue weighted by Crippen LogP contribution is 2.29. The van der Waals surface area contributed by atoms with E-state index >= 15 is 0 Å². The molecule has 0 atom stereocenters. The Morgan fingerprint density at radius 2 is 2.35 bits per heavy atom. The number of carbonyl (C=O) groups excluding carboxylic acids is 1. The van der Waals surface area contributed by atoms with E-state index < -0.39 is 0 Å². The first-order valence-electron chi connectivity index (χ1n) is 6.69. The van der Waals surface area contributed by atoms with Gasteiger partial charge in [0.25, 0.3) is 5.91 Å². The monoisotopic (exact) mass is 291 g/mol. The number of rotatable bonds is 3. The molecule has 0 bridgehead atoms. The minimum atomic E-state index is -0.131. The van der Waals surface area contributed by atoms with Crippen LogP contribution in [-0.4, -0.2) is 22.6 Å². The van der Waals surface area contributed by atoms with Gasteiger partial charge in [-0.15, -0.1) is 11.3 Å². The maximum absolute atomic E-state index is 12.4. The SMILES string of the molecule is COc1cc(C)sc1C(=O)Nc1cnc2n1CCCC2. The lowest BCUT2D eigenvalue weighted by atomic mass is 10.2. The van der Waals surface area contributed by atoms with Gasteiger partial charge in [0, 0.05) is 17.8 Å². The summed E-state index contributed by atoms with van der Waals surface area (Å²) in [6.07, 6.45) is 5.03. The molecule has 1 N–H and O–H groups in total. The number of anilines is 1. The van der Waals surface area contributed by atoms with Gasteiger partial charge in [0.15, 0.2) is 0 Å². The minimum absolute atomic E-state index is 0.131. The van der Waals surface area contributed by atoms with Crippen LogP contribution in [0.2, 0.25) is 0 Å². The van der Waals surface area contributed by atoms with Crippen LogP contribution in [-0.2, 0) is 13.0 Å². The first-order valence-corrected chi connectivity index (χ1v) is 7.51. The molecule has 1 aliphatic heterocycles. The number of methoxy groups -OCH3 is 1. The zero-order chi connectivity index (χ0) is 14.1. The number of ether oxygens (including phenoxy) is 1. The molecule has 1 aliphatic rings. The lowest BCUT2D eigenvalue weighted by Crippen LogP contribution is -2.17. The molecule has 6 heteroatoms. The third kappa shape index (κ3) is 2.31. The van der Waals surface area contributed by atoms with E-state index in [0.29, 0.717) is 10.6 Å². The molecular formula is C14H17N3O2S. The maximum Gasteiger partial charge on any atom is 0.270 e. The van der Waals surface area contributed by atoms with Crippen LogP contribution in [0.1, 0.15) is 33.2 Å². The molecule has 0 aromatic carbocycles. The Labute approximate surface area is 121 Å². The molecule has 2 aromatic heterocycles. The second kappa shape index (κ2) is 5.28. The summed E-state index contributed by atoms with van der Waals surface area (Å²) in [6, 6.07) is 1.88. The van der Waals surface area contributed by atoms with Crippen LogP contribution in [0.15, 0.2) is 12.3 Å². The van der Waals surface area contributed by atoms with Crippen molar-refractivity contribution in [2.24, 2.45) is 0 Å². The van der Waals surface area contributed by atoms with Crippen LogP contribution in [0.3, 0.4) is 0 Å². The Morgan fingerprint density at radius 3 is 3.15 bits per heavy atom.